The highest BCUT2D eigenvalue weighted by Gasteiger charge is 2.25. The molecular formula is C14H12O2. The Hall–Kier alpha value is -1.83. The Labute approximate surface area is 93.8 Å². The summed E-state index contributed by atoms with van der Waals surface area (Å²) in [4.78, 5) is 11.0. The van der Waals surface area contributed by atoms with Crippen molar-refractivity contribution in [1.29, 1.82) is 0 Å². The third kappa shape index (κ3) is 1.30. The molecule has 0 aromatic heterocycles. The maximum Gasteiger partial charge on any atom is 0.303 e. The van der Waals surface area contributed by atoms with Gasteiger partial charge in [0.25, 0.3) is 0 Å². The number of hydrogen-bond donors (Lipinski definition) is 0. The summed E-state index contributed by atoms with van der Waals surface area (Å²) in [5.74, 6) is -0.213. The van der Waals surface area contributed by atoms with E-state index in [4.69, 9.17) is 4.74 Å². The normalized spacial score (nSPS) is 17.7. The van der Waals surface area contributed by atoms with Crippen molar-refractivity contribution >= 4 is 16.7 Å². The summed E-state index contributed by atoms with van der Waals surface area (Å²) < 4.78 is 5.34. The summed E-state index contributed by atoms with van der Waals surface area (Å²) in [6, 6.07) is 12.4. The van der Waals surface area contributed by atoms with E-state index in [0.717, 1.165) is 12.0 Å². The van der Waals surface area contributed by atoms with Gasteiger partial charge in [0, 0.05) is 18.9 Å². The van der Waals surface area contributed by atoms with E-state index in [-0.39, 0.29) is 12.1 Å². The fourth-order valence-electron chi connectivity index (χ4n) is 2.50. The second-order valence-corrected chi connectivity index (χ2v) is 4.16. The van der Waals surface area contributed by atoms with E-state index >= 15 is 0 Å². The van der Waals surface area contributed by atoms with Crippen LogP contribution in [0.3, 0.4) is 0 Å². The van der Waals surface area contributed by atoms with Gasteiger partial charge in [-0.1, -0.05) is 36.4 Å². The van der Waals surface area contributed by atoms with Gasteiger partial charge in [-0.2, -0.15) is 0 Å². The molecule has 1 atom stereocenters. The Balaban J connectivity index is 2.17. The predicted octanol–water partition coefficient (Wildman–Crippen LogP) is 3.00. The number of carbonyl (C=O) groups excluding carboxylic acids is 1. The van der Waals surface area contributed by atoms with Crippen molar-refractivity contribution in [3.63, 3.8) is 0 Å². The van der Waals surface area contributed by atoms with Crippen molar-refractivity contribution in [2.45, 2.75) is 19.4 Å². The van der Waals surface area contributed by atoms with E-state index in [9.17, 15) is 4.79 Å². The lowest BCUT2D eigenvalue weighted by atomic mass is 10.1. The lowest BCUT2D eigenvalue weighted by Crippen LogP contribution is -2.06. The first-order valence-electron chi connectivity index (χ1n) is 5.43. The standard InChI is InChI=1S/C14H12O2/c1-9(15)16-13-8-11-6-2-4-10-5-3-7-12(13)14(10)11/h2-7,13H,8H2,1H3/t13-/m0/s1. The topological polar surface area (TPSA) is 26.3 Å². The molecule has 0 saturated carbocycles. The van der Waals surface area contributed by atoms with Gasteiger partial charge in [-0.15, -0.1) is 0 Å². The third-order valence-electron chi connectivity index (χ3n) is 3.08. The minimum atomic E-state index is -0.213. The zero-order chi connectivity index (χ0) is 11.1. The van der Waals surface area contributed by atoms with Crippen molar-refractivity contribution in [2.75, 3.05) is 0 Å². The van der Waals surface area contributed by atoms with E-state index in [2.05, 4.69) is 24.3 Å². The summed E-state index contributed by atoms with van der Waals surface area (Å²) in [5, 5.41) is 2.49. The van der Waals surface area contributed by atoms with Crippen LogP contribution in [0.4, 0.5) is 0 Å². The molecule has 3 rings (SSSR count). The Morgan fingerprint density at radius 2 is 2.00 bits per heavy atom. The molecule has 2 heteroatoms. The molecule has 0 unspecified atom stereocenters. The van der Waals surface area contributed by atoms with Gasteiger partial charge in [-0.3, -0.25) is 4.79 Å². The van der Waals surface area contributed by atoms with Crippen molar-refractivity contribution in [2.24, 2.45) is 0 Å². The summed E-state index contributed by atoms with van der Waals surface area (Å²) in [6.07, 6.45) is 0.703. The van der Waals surface area contributed by atoms with Crippen LogP contribution >= 0.6 is 0 Å². The molecular weight excluding hydrogens is 200 g/mol. The first-order chi connectivity index (χ1) is 7.75. The maximum absolute atomic E-state index is 11.0. The number of carbonyl (C=O) groups is 1. The molecule has 0 heterocycles. The number of esters is 1. The molecule has 0 bridgehead atoms. The molecule has 16 heavy (non-hydrogen) atoms. The Kier molecular flexibility index (Phi) is 1.96. The third-order valence-corrected chi connectivity index (χ3v) is 3.08. The highest BCUT2D eigenvalue weighted by molar-refractivity contribution is 5.91. The van der Waals surface area contributed by atoms with Crippen LogP contribution in [0.5, 0.6) is 0 Å². The van der Waals surface area contributed by atoms with Gasteiger partial charge in [0.15, 0.2) is 0 Å². The average molecular weight is 212 g/mol. The first kappa shape index (κ1) is 9.40. The van der Waals surface area contributed by atoms with Crippen molar-refractivity contribution < 1.29 is 9.53 Å². The Bertz CT molecular complexity index is 567. The highest BCUT2D eigenvalue weighted by Crippen LogP contribution is 2.38. The number of benzene rings is 2. The first-order valence-corrected chi connectivity index (χ1v) is 5.43. The van der Waals surface area contributed by atoms with Crippen LogP contribution < -0.4 is 0 Å². The minimum absolute atomic E-state index is 0.0985. The predicted molar refractivity (Wildman–Crippen MR) is 62.2 cm³/mol. The molecule has 0 saturated heterocycles. The van der Waals surface area contributed by atoms with Crippen LogP contribution in [0.1, 0.15) is 24.2 Å². The molecule has 0 fully saturated rings. The zero-order valence-corrected chi connectivity index (χ0v) is 9.07. The molecule has 0 spiro atoms. The van der Waals surface area contributed by atoms with Crippen LogP contribution in [-0.4, -0.2) is 5.97 Å². The number of hydrogen-bond acceptors (Lipinski definition) is 2. The van der Waals surface area contributed by atoms with Crippen molar-refractivity contribution in [3.05, 3.63) is 47.5 Å². The fraction of sp³-hybridized carbons (Fsp3) is 0.214. The summed E-state index contributed by atoms with van der Waals surface area (Å²) >= 11 is 0. The molecule has 0 aliphatic heterocycles. The molecule has 2 aromatic rings. The highest BCUT2D eigenvalue weighted by atomic mass is 16.5. The average Bonchev–Trinajstić information content (AvgIpc) is 2.59. The second-order valence-electron chi connectivity index (χ2n) is 4.16. The van der Waals surface area contributed by atoms with E-state index in [1.165, 1.54) is 23.3 Å². The van der Waals surface area contributed by atoms with Gasteiger partial charge in [0.05, 0.1) is 0 Å². The number of ether oxygens (including phenoxy) is 1. The van der Waals surface area contributed by atoms with E-state index < -0.39 is 0 Å². The molecule has 0 radical (unpaired) electrons. The second kappa shape index (κ2) is 3.34. The van der Waals surface area contributed by atoms with Gasteiger partial charge >= 0.3 is 5.97 Å². The van der Waals surface area contributed by atoms with Crippen LogP contribution in [0.2, 0.25) is 0 Å². The molecule has 80 valence electrons. The quantitative estimate of drug-likeness (QED) is 0.679. The zero-order valence-electron chi connectivity index (χ0n) is 9.07. The van der Waals surface area contributed by atoms with Gasteiger partial charge in [0.2, 0.25) is 0 Å². The minimum Gasteiger partial charge on any atom is -0.457 e. The van der Waals surface area contributed by atoms with E-state index in [1.807, 2.05) is 12.1 Å². The molecule has 0 amide bonds. The molecule has 2 aromatic carbocycles. The molecule has 2 nitrogen and oxygen atoms in total. The van der Waals surface area contributed by atoms with Gasteiger partial charge < -0.3 is 4.74 Å². The molecule has 1 aliphatic rings. The van der Waals surface area contributed by atoms with Crippen LogP contribution in [0.25, 0.3) is 10.8 Å². The van der Waals surface area contributed by atoms with Gasteiger partial charge in [-0.05, 0) is 16.3 Å². The summed E-state index contributed by atoms with van der Waals surface area (Å²) in [7, 11) is 0. The van der Waals surface area contributed by atoms with Gasteiger partial charge in [0.1, 0.15) is 6.10 Å². The smallest absolute Gasteiger partial charge is 0.303 e. The largest absolute Gasteiger partial charge is 0.457 e. The van der Waals surface area contributed by atoms with E-state index in [0.29, 0.717) is 0 Å². The lowest BCUT2D eigenvalue weighted by molar-refractivity contribution is -0.146. The van der Waals surface area contributed by atoms with Crippen molar-refractivity contribution in [1.82, 2.24) is 0 Å². The summed E-state index contributed by atoms with van der Waals surface area (Å²) in [6.45, 7) is 1.46. The monoisotopic (exact) mass is 212 g/mol. The fourth-order valence-corrected chi connectivity index (χ4v) is 2.50. The SMILES string of the molecule is CC(=O)O[C@H]1Cc2cccc3cccc1c23. The molecule has 1 aliphatic carbocycles. The number of rotatable bonds is 1. The maximum atomic E-state index is 11.0. The summed E-state index contributed by atoms with van der Waals surface area (Å²) in [5.41, 5.74) is 2.42. The van der Waals surface area contributed by atoms with Crippen molar-refractivity contribution in [3.8, 4) is 0 Å². The lowest BCUT2D eigenvalue weighted by Gasteiger charge is -2.11. The Morgan fingerprint density at radius 3 is 2.75 bits per heavy atom. The molecule has 0 N–H and O–H groups in total. The van der Waals surface area contributed by atoms with Crippen LogP contribution in [-0.2, 0) is 16.0 Å². The Morgan fingerprint density at radius 1 is 1.25 bits per heavy atom. The van der Waals surface area contributed by atoms with E-state index in [1.54, 1.807) is 0 Å². The van der Waals surface area contributed by atoms with Crippen LogP contribution in [0.15, 0.2) is 36.4 Å². The van der Waals surface area contributed by atoms with Gasteiger partial charge in [-0.25, -0.2) is 0 Å². The van der Waals surface area contributed by atoms with Crippen LogP contribution in [0, 0.1) is 0 Å².